The molecule has 1 unspecified atom stereocenters. The van der Waals surface area contributed by atoms with Gasteiger partial charge in [-0.15, -0.1) is 0 Å². The van der Waals surface area contributed by atoms with Crippen LogP contribution in [-0.4, -0.2) is 18.1 Å². The van der Waals surface area contributed by atoms with Crippen LogP contribution in [0.4, 0.5) is 0 Å². The van der Waals surface area contributed by atoms with Gasteiger partial charge in [0.1, 0.15) is 12.2 Å². The smallest absolute Gasteiger partial charge is 0.249 e. The van der Waals surface area contributed by atoms with Crippen molar-refractivity contribution in [1.29, 1.82) is 0 Å². The zero-order chi connectivity index (χ0) is 11.1. The first-order valence-electron chi connectivity index (χ1n) is 4.73. The van der Waals surface area contributed by atoms with E-state index in [1.165, 1.54) is 0 Å². The topological polar surface area (TPSA) is 38.3 Å². The number of benzene rings is 1. The number of halogens is 1. The summed E-state index contributed by atoms with van der Waals surface area (Å²) in [5.41, 5.74) is 1.06. The van der Waals surface area contributed by atoms with Gasteiger partial charge in [0, 0.05) is 6.54 Å². The van der Waals surface area contributed by atoms with Gasteiger partial charge in [-0.1, -0.05) is 41.9 Å². The number of alkyl halides is 1. The molecule has 4 heteroatoms. The quantitative estimate of drug-likeness (QED) is 0.781. The van der Waals surface area contributed by atoms with Crippen molar-refractivity contribution in [3.63, 3.8) is 0 Å². The average molecular weight is 228 g/mol. The van der Waals surface area contributed by atoms with Crippen LogP contribution in [0.2, 0.25) is 0 Å². The Morgan fingerprint density at radius 1 is 1.47 bits per heavy atom. The van der Waals surface area contributed by atoms with Crippen molar-refractivity contribution in [3.8, 4) is 0 Å². The number of nitrogens with one attached hydrogen (secondary N) is 1. The van der Waals surface area contributed by atoms with Crippen molar-refractivity contribution in [1.82, 2.24) is 5.32 Å². The van der Waals surface area contributed by atoms with Crippen molar-refractivity contribution in [2.75, 3.05) is 6.07 Å². The summed E-state index contributed by atoms with van der Waals surface area (Å²) in [6.45, 7) is 2.18. The number of hydrogen-bond donors (Lipinski definition) is 1. The molecule has 15 heavy (non-hydrogen) atoms. The number of ether oxygens (including phenoxy) is 1. The summed E-state index contributed by atoms with van der Waals surface area (Å²) in [7, 11) is 0. The molecule has 0 aromatic heterocycles. The van der Waals surface area contributed by atoms with Crippen LogP contribution in [0.3, 0.4) is 0 Å². The third-order valence-electron chi connectivity index (χ3n) is 1.99. The van der Waals surface area contributed by atoms with E-state index in [-0.39, 0.29) is 12.0 Å². The number of rotatable bonds is 5. The van der Waals surface area contributed by atoms with E-state index in [2.05, 4.69) is 5.32 Å². The number of hydrogen-bond acceptors (Lipinski definition) is 2. The van der Waals surface area contributed by atoms with Gasteiger partial charge in [0.25, 0.3) is 0 Å². The van der Waals surface area contributed by atoms with Gasteiger partial charge in [-0.3, -0.25) is 4.79 Å². The highest BCUT2D eigenvalue weighted by atomic mass is 35.5. The predicted molar refractivity (Wildman–Crippen MR) is 59.6 cm³/mol. The highest BCUT2D eigenvalue weighted by molar-refractivity contribution is 6.17. The molecule has 1 N–H and O–H groups in total. The third kappa shape index (κ3) is 4.32. The van der Waals surface area contributed by atoms with E-state index in [4.69, 9.17) is 16.3 Å². The van der Waals surface area contributed by atoms with Gasteiger partial charge >= 0.3 is 0 Å². The predicted octanol–water partition coefficient (Wildman–Crippen LogP) is 1.90. The molecule has 3 nitrogen and oxygen atoms in total. The van der Waals surface area contributed by atoms with Crippen molar-refractivity contribution in [2.24, 2.45) is 0 Å². The van der Waals surface area contributed by atoms with E-state index in [1.807, 2.05) is 30.3 Å². The number of amides is 1. The molecule has 1 amide bonds. The molecule has 0 saturated heterocycles. The SMILES string of the molecule is CC(OCCl)C(=O)NCc1ccccc1. The van der Waals surface area contributed by atoms with Crippen LogP contribution in [0.5, 0.6) is 0 Å². The summed E-state index contributed by atoms with van der Waals surface area (Å²) >= 11 is 5.36. The second-order valence-electron chi connectivity index (χ2n) is 3.12. The highest BCUT2D eigenvalue weighted by Crippen LogP contribution is 1.98. The Morgan fingerprint density at radius 3 is 2.73 bits per heavy atom. The largest absolute Gasteiger partial charge is 0.353 e. The molecule has 1 atom stereocenters. The van der Waals surface area contributed by atoms with Gasteiger partial charge in [0.2, 0.25) is 5.91 Å². The standard InChI is InChI=1S/C11H14ClNO2/c1-9(15-8-12)11(14)13-7-10-5-3-2-4-6-10/h2-6,9H,7-8H2,1H3,(H,13,14). The van der Waals surface area contributed by atoms with Crippen molar-refractivity contribution < 1.29 is 9.53 Å². The van der Waals surface area contributed by atoms with Crippen LogP contribution < -0.4 is 5.32 Å². The van der Waals surface area contributed by atoms with Crippen molar-refractivity contribution >= 4 is 17.5 Å². The molecule has 0 fully saturated rings. The molecular formula is C11H14ClNO2. The zero-order valence-corrected chi connectivity index (χ0v) is 9.33. The van der Waals surface area contributed by atoms with Gasteiger partial charge in [-0.05, 0) is 12.5 Å². The molecule has 0 aliphatic carbocycles. The number of carbonyl (C=O) groups excluding carboxylic acids is 1. The molecule has 1 rings (SSSR count). The monoisotopic (exact) mass is 227 g/mol. The molecule has 82 valence electrons. The maximum atomic E-state index is 11.4. The molecule has 0 spiro atoms. The van der Waals surface area contributed by atoms with Gasteiger partial charge in [-0.2, -0.15) is 0 Å². The fourth-order valence-electron chi connectivity index (χ4n) is 1.10. The zero-order valence-electron chi connectivity index (χ0n) is 8.57. The van der Waals surface area contributed by atoms with E-state index < -0.39 is 6.10 Å². The van der Waals surface area contributed by atoms with E-state index in [9.17, 15) is 4.79 Å². The van der Waals surface area contributed by atoms with Gasteiger partial charge in [0.05, 0.1) is 0 Å². The second kappa shape index (κ2) is 6.43. The first-order valence-corrected chi connectivity index (χ1v) is 5.26. The fraction of sp³-hybridized carbons (Fsp3) is 0.364. The van der Waals surface area contributed by atoms with Crippen molar-refractivity contribution in [2.45, 2.75) is 19.6 Å². The summed E-state index contributed by atoms with van der Waals surface area (Å²) in [6.07, 6.45) is -0.508. The Morgan fingerprint density at radius 2 is 2.13 bits per heavy atom. The molecule has 0 bridgehead atoms. The highest BCUT2D eigenvalue weighted by Gasteiger charge is 2.11. The summed E-state index contributed by atoms with van der Waals surface area (Å²) in [5, 5.41) is 2.76. The minimum absolute atomic E-state index is 0.0277. The van der Waals surface area contributed by atoms with Crippen LogP contribution in [-0.2, 0) is 16.1 Å². The van der Waals surface area contributed by atoms with Gasteiger partial charge in [-0.25, -0.2) is 0 Å². The second-order valence-corrected chi connectivity index (χ2v) is 3.34. The fourth-order valence-corrected chi connectivity index (χ4v) is 1.29. The Balaban J connectivity index is 2.34. The van der Waals surface area contributed by atoms with Crippen LogP contribution >= 0.6 is 11.6 Å². The summed E-state index contributed by atoms with van der Waals surface area (Å²) < 4.78 is 4.95. The lowest BCUT2D eigenvalue weighted by Crippen LogP contribution is -2.33. The molecule has 0 aliphatic rings. The Kier molecular flexibility index (Phi) is 5.15. The van der Waals surface area contributed by atoms with Crippen LogP contribution in [0.1, 0.15) is 12.5 Å². The van der Waals surface area contributed by atoms with Gasteiger partial charge < -0.3 is 10.1 Å². The van der Waals surface area contributed by atoms with Gasteiger partial charge in [0.15, 0.2) is 0 Å². The van der Waals surface area contributed by atoms with E-state index in [0.717, 1.165) is 5.56 Å². The average Bonchev–Trinajstić information content (AvgIpc) is 2.27. The first-order chi connectivity index (χ1) is 7.24. The minimum Gasteiger partial charge on any atom is -0.353 e. The van der Waals surface area contributed by atoms with E-state index >= 15 is 0 Å². The summed E-state index contributed by atoms with van der Waals surface area (Å²) in [4.78, 5) is 11.4. The maximum Gasteiger partial charge on any atom is 0.249 e. The molecule has 0 radical (unpaired) electrons. The molecular weight excluding hydrogens is 214 g/mol. The van der Waals surface area contributed by atoms with Crippen LogP contribution in [0.15, 0.2) is 30.3 Å². The Labute approximate surface area is 94.4 Å². The molecule has 0 heterocycles. The Bertz CT molecular complexity index is 303. The minimum atomic E-state index is -0.508. The lowest BCUT2D eigenvalue weighted by Gasteiger charge is -2.11. The van der Waals surface area contributed by atoms with E-state index in [0.29, 0.717) is 6.54 Å². The summed E-state index contributed by atoms with van der Waals surface area (Å²) in [6, 6.07) is 9.73. The van der Waals surface area contributed by atoms with Crippen LogP contribution in [0, 0.1) is 0 Å². The van der Waals surface area contributed by atoms with E-state index in [1.54, 1.807) is 6.92 Å². The first kappa shape index (κ1) is 12.0. The lowest BCUT2D eigenvalue weighted by molar-refractivity contribution is -0.130. The maximum absolute atomic E-state index is 11.4. The summed E-state index contributed by atoms with van der Waals surface area (Å²) in [5.74, 6) is -0.153. The normalized spacial score (nSPS) is 12.1. The van der Waals surface area contributed by atoms with Crippen molar-refractivity contribution in [3.05, 3.63) is 35.9 Å². The molecule has 1 aromatic rings. The molecule has 1 aromatic carbocycles. The molecule has 0 saturated carbocycles. The number of carbonyl (C=O) groups is 1. The van der Waals surface area contributed by atoms with Crippen LogP contribution in [0.25, 0.3) is 0 Å². The lowest BCUT2D eigenvalue weighted by atomic mass is 10.2. The third-order valence-corrected chi connectivity index (χ3v) is 2.12. The molecule has 0 aliphatic heterocycles. The Hall–Kier alpha value is -1.06.